The largest absolute Gasteiger partial charge is 0.471 e. The molecule has 3 aromatic rings. The van der Waals surface area contributed by atoms with Gasteiger partial charge in [0, 0.05) is 18.2 Å². The number of carbonyl (C=O) groups is 2. The number of carbonyl (C=O) groups excluding carboxylic acids is 2. The Bertz CT molecular complexity index is 1580. The summed E-state index contributed by atoms with van der Waals surface area (Å²) in [5.74, 6) is -8.82. The van der Waals surface area contributed by atoms with Crippen LogP contribution in [0.1, 0.15) is 17.0 Å². The van der Waals surface area contributed by atoms with Crippen molar-refractivity contribution in [2.24, 2.45) is 5.92 Å². The van der Waals surface area contributed by atoms with E-state index in [0.717, 1.165) is 6.07 Å². The highest BCUT2D eigenvalue weighted by molar-refractivity contribution is 6.54. The number of hydrogen-bond acceptors (Lipinski definition) is 3. The van der Waals surface area contributed by atoms with Crippen LogP contribution in [0, 0.1) is 23.4 Å². The van der Waals surface area contributed by atoms with Gasteiger partial charge in [0.25, 0.3) is 0 Å². The van der Waals surface area contributed by atoms with Gasteiger partial charge in [0.2, 0.25) is 5.91 Å². The fourth-order valence-corrected chi connectivity index (χ4v) is 5.69. The average molecular weight is 714 g/mol. The lowest BCUT2D eigenvalue weighted by Crippen LogP contribution is -2.30. The molecule has 1 aliphatic rings. The van der Waals surface area contributed by atoms with E-state index in [-0.39, 0.29) is 26.3 Å². The number of amides is 2. The average Bonchev–Trinajstić information content (AvgIpc) is 3.47. The van der Waals surface area contributed by atoms with E-state index in [1.165, 1.54) is 23.5 Å². The van der Waals surface area contributed by atoms with Gasteiger partial charge in [-0.2, -0.15) is 13.2 Å². The molecule has 1 saturated carbocycles. The van der Waals surface area contributed by atoms with Crippen LogP contribution < -0.4 is 16.0 Å². The minimum Gasteiger partial charge on any atom is -0.376 e. The van der Waals surface area contributed by atoms with Gasteiger partial charge in [-0.3, -0.25) is 9.59 Å². The predicted molar refractivity (Wildman–Crippen MR) is 151 cm³/mol. The molecule has 0 aliphatic heterocycles. The second-order valence-electron chi connectivity index (χ2n) is 8.94. The zero-order chi connectivity index (χ0) is 31.3. The molecule has 5 nitrogen and oxygen atoms in total. The van der Waals surface area contributed by atoms with Gasteiger partial charge in [-0.05, 0) is 47.5 Å². The fourth-order valence-electron chi connectivity index (χ4n) is 4.08. The first-order valence-corrected chi connectivity index (χ1v) is 13.6. The summed E-state index contributed by atoms with van der Waals surface area (Å²) in [5, 5.41) is 5.82. The maximum Gasteiger partial charge on any atom is 0.471 e. The van der Waals surface area contributed by atoms with Crippen LogP contribution in [0.15, 0.2) is 36.4 Å². The number of hydrogen-bond donors (Lipinski definition) is 3. The number of anilines is 3. The standard InChI is InChI=1S/C25H13Cl6F6N3O2/c26-11-4-8(5-12(27)19(11)29)16-17(24(16,30)31)22(41)39-10-3-9(18(28)14(33)6-10)7-38-21-13(32)1-2-15(20(21)34)40-23(42)25(35,36)37/h1-6,16-17,38H,7H2,(H,39,41)(H,40,42)/t16-,17+/m0/s1. The molecule has 0 aromatic heterocycles. The van der Waals surface area contributed by atoms with Crippen molar-refractivity contribution in [2.75, 3.05) is 16.0 Å². The molecule has 3 aromatic carbocycles. The van der Waals surface area contributed by atoms with Crippen LogP contribution in [0.2, 0.25) is 20.1 Å². The van der Waals surface area contributed by atoms with Gasteiger partial charge in [-0.25, -0.2) is 13.2 Å². The molecule has 2 atom stereocenters. The van der Waals surface area contributed by atoms with E-state index in [9.17, 15) is 35.9 Å². The quantitative estimate of drug-likeness (QED) is 0.130. The molecule has 0 radical (unpaired) electrons. The van der Waals surface area contributed by atoms with Crippen LogP contribution in [-0.2, 0) is 16.1 Å². The second kappa shape index (κ2) is 12.0. The first kappa shape index (κ1) is 32.6. The molecule has 0 spiro atoms. The first-order chi connectivity index (χ1) is 19.4. The Morgan fingerprint density at radius 2 is 1.48 bits per heavy atom. The monoisotopic (exact) mass is 711 g/mol. The Hall–Kier alpha value is -2.28. The van der Waals surface area contributed by atoms with E-state index in [1.807, 2.05) is 0 Å². The molecule has 0 unspecified atom stereocenters. The van der Waals surface area contributed by atoms with Crippen LogP contribution >= 0.6 is 69.6 Å². The first-order valence-electron chi connectivity index (χ1n) is 11.3. The zero-order valence-corrected chi connectivity index (χ0v) is 24.7. The molecule has 42 heavy (non-hydrogen) atoms. The van der Waals surface area contributed by atoms with E-state index in [4.69, 9.17) is 69.6 Å². The minimum absolute atomic E-state index is 0.0915. The summed E-state index contributed by atoms with van der Waals surface area (Å²) in [7, 11) is 0. The van der Waals surface area contributed by atoms with E-state index >= 15 is 0 Å². The fraction of sp³-hybridized carbons (Fsp3) is 0.200. The van der Waals surface area contributed by atoms with Gasteiger partial charge in [0.05, 0.1) is 31.7 Å². The van der Waals surface area contributed by atoms with E-state index in [0.29, 0.717) is 17.7 Å². The van der Waals surface area contributed by atoms with Crippen molar-refractivity contribution in [1.29, 1.82) is 0 Å². The molecule has 1 aliphatic carbocycles. The van der Waals surface area contributed by atoms with Gasteiger partial charge in [-0.1, -0.05) is 46.4 Å². The number of alkyl halides is 5. The minimum atomic E-state index is -5.33. The lowest BCUT2D eigenvalue weighted by Gasteiger charge is -2.15. The third kappa shape index (κ3) is 6.61. The van der Waals surface area contributed by atoms with E-state index in [1.54, 1.807) is 0 Å². The van der Waals surface area contributed by atoms with Crippen molar-refractivity contribution in [2.45, 2.75) is 23.0 Å². The molecule has 0 bridgehead atoms. The van der Waals surface area contributed by atoms with Crippen molar-refractivity contribution in [3.8, 4) is 0 Å². The van der Waals surface area contributed by atoms with Gasteiger partial charge >= 0.3 is 12.1 Å². The summed E-state index contributed by atoms with van der Waals surface area (Å²) in [6, 6.07) is 6.14. The Balaban J connectivity index is 1.52. The summed E-state index contributed by atoms with van der Waals surface area (Å²) in [4.78, 5) is 24.2. The third-order valence-corrected chi connectivity index (χ3v) is 8.69. The highest BCUT2D eigenvalue weighted by atomic mass is 35.5. The van der Waals surface area contributed by atoms with Crippen LogP contribution in [0.25, 0.3) is 0 Å². The molecule has 17 heteroatoms. The Morgan fingerprint density at radius 1 is 0.857 bits per heavy atom. The number of nitrogens with one attached hydrogen (secondary N) is 3. The maximum atomic E-state index is 14.7. The van der Waals surface area contributed by atoms with Gasteiger partial charge in [0.15, 0.2) is 5.82 Å². The number of rotatable bonds is 7. The van der Waals surface area contributed by atoms with Crippen molar-refractivity contribution >= 4 is 98.5 Å². The Kier molecular flexibility index (Phi) is 9.33. The lowest BCUT2D eigenvalue weighted by atomic mass is 10.1. The van der Waals surface area contributed by atoms with Crippen LogP contribution in [0.5, 0.6) is 0 Å². The molecule has 0 saturated heterocycles. The van der Waals surface area contributed by atoms with Crippen molar-refractivity contribution < 1.29 is 35.9 Å². The Labute approximate surface area is 263 Å². The molecule has 2 amide bonds. The summed E-state index contributed by atoms with van der Waals surface area (Å²) in [5.41, 5.74) is -1.72. The van der Waals surface area contributed by atoms with E-state index in [2.05, 4.69) is 10.6 Å². The zero-order valence-electron chi connectivity index (χ0n) is 20.2. The third-order valence-electron chi connectivity index (χ3n) is 6.12. The predicted octanol–water partition coefficient (Wildman–Crippen LogP) is 9.36. The number of halogens is 12. The van der Waals surface area contributed by atoms with Crippen LogP contribution in [0.3, 0.4) is 0 Å². The molecule has 1 fully saturated rings. The van der Waals surface area contributed by atoms with Gasteiger partial charge < -0.3 is 16.0 Å². The van der Waals surface area contributed by atoms with Crippen molar-refractivity contribution in [3.05, 3.63) is 85.1 Å². The molecule has 4 rings (SSSR count). The lowest BCUT2D eigenvalue weighted by molar-refractivity contribution is -0.167. The summed E-state index contributed by atoms with van der Waals surface area (Å²) < 4.78 is 79.7. The van der Waals surface area contributed by atoms with Gasteiger partial charge in [0.1, 0.15) is 21.7 Å². The maximum absolute atomic E-state index is 14.7. The molecular weight excluding hydrogens is 701 g/mol. The summed E-state index contributed by atoms with van der Waals surface area (Å²) >= 11 is 36.7. The SMILES string of the molecule is O=C(Nc1cc(F)c(Cl)c(CNc2c(F)ccc(NC(=O)C(F)(F)F)c2F)c1)[C@H]1[C@H](c2cc(Cl)c(Cl)c(Cl)c2)C1(Cl)Cl. The molecule has 0 heterocycles. The summed E-state index contributed by atoms with van der Waals surface area (Å²) in [6.07, 6.45) is -5.33. The van der Waals surface area contributed by atoms with Crippen molar-refractivity contribution in [1.82, 2.24) is 0 Å². The second-order valence-corrected chi connectivity index (χ2v) is 12.0. The highest BCUT2D eigenvalue weighted by Crippen LogP contribution is 2.65. The Morgan fingerprint density at radius 3 is 2.07 bits per heavy atom. The topological polar surface area (TPSA) is 70.2 Å². The molecule has 224 valence electrons. The van der Waals surface area contributed by atoms with E-state index < -0.39 is 74.6 Å². The highest BCUT2D eigenvalue weighted by Gasteiger charge is 2.67. The molecular formula is C25H13Cl6F6N3O2. The van der Waals surface area contributed by atoms with Crippen LogP contribution in [0.4, 0.5) is 43.4 Å². The summed E-state index contributed by atoms with van der Waals surface area (Å²) in [6.45, 7) is -0.563. The number of benzene rings is 3. The molecule has 3 N–H and O–H groups in total. The van der Waals surface area contributed by atoms with Gasteiger partial charge in [-0.15, -0.1) is 23.2 Å². The van der Waals surface area contributed by atoms with Crippen LogP contribution in [-0.4, -0.2) is 22.3 Å². The normalized spacial score (nSPS) is 17.5. The van der Waals surface area contributed by atoms with Crippen molar-refractivity contribution in [3.63, 3.8) is 0 Å². The smallest absolute Gasteiger partial charge is 0.376 e.